The lowest BCUT2D eigenvalue weighted by Crippen LogP contribution is -2.36. The van der Waals surface area contributed by atoms with E-state index in [1.807, 2.05) is 0 Å². The molecule has 0 atom stereocenters. The molecule has 0 bridgehead atoms. The highest BCUT2D eigenvalue weighted by Gasteiger charge is 2.27. The Hall–Kier alpha value is 0. The number of nitrogens with zero attached hydrogens (tertiary/aromatic N) is 2. The van der Waals surface area contributed by atoms with E-state index in [1.54, 1.807) is 0 Å². The standard InChI is InChI=1S/C14H27N3.HI/c1-17(13-9-10-13)14(15)16-11-12-7-5-3-2-4-6-8-12;/h12-13H,2-11H2,1H3,(H2,15,16);1H. The van der Waals surface area contributed by atoms with E-state index < -0.39 is 0 Å². The summed E-state index contributed by atoms with van der Waals surface area (Å²) in [6.07, 6.45) is 12.3. The van der Waals surface area contributed by atoms with Gasteiger partial charge in [-0.2, -0.15) is 0 Å². The van der Waals surface area contributed by atoms with Gasteiger partial charge in [0.1, 0.15) is 0 Å². The number of nitrogens with two attached hydrogens (primary N) is 1. The Morgan fingerprint density at radius 3 is 2.17 bits per heavy atom. The highest BCUT2D eigenvalue weighted by molar-refractivity contribution is 14.0. The predicted molar refractivity (Wildman–Crippen MR) is 88.5 cm³/mol. The normalized spacial score (nSPS) is 22.8. The molecule has 2 fully saturated rings. The fourth-order valence-electron chi connectivity index (χ4n) is 2.71. The molecule has 0 aliphatic heterocycles. The van der Waals surface area contributed by atoms with Gasteiger partial charge in [-0.25, -0.2) is 0 Å². The van der Waals surface area contributed by atoms with Crippen molar-refractivity contribution in [2.24, 2.45) is 16.6 Å². The molecule has 2 saturated carbocycles. The lowest BCUT2D eigenvalue weighted by Gasteiger charge is -2.20. The fraction of sp³-hybridized carbons (Fsp3) is 0.929. The first kappa shape index (κ1) is 16.1. The van der Waals surface area contributed by atoms with E-state index in [4.69, 9.17) is 5.73 Å². The summed E-state index contributed by atoms with van der Waals surface area (Å²) in [4.78, 5) is 6.76. The minimum absolute atomic E-state index is 0. The summed E-state index contributed by atoms with van der Waals surface area (Å²) < 4.78 is 0. The summed E-state index contributed by atoms with van der Waals surface area (Å²) in [6, 6.07) is 0.677. The van der Waals surface area contributed by atoms with Crippen LogP contribution in [0.3, 0.4) is 0 Å². The van der Waals surface area contributed by atoms with Crippen LogP contribution in [0.4, 0.5) is 0 Å². The van der Waals surface area contributed by atoms with Crippen molar-refractivity contribution < 1.29 is 0 Å². The molecule has 0 aromatic carbocycles. The van der Waals surface area contributed by atoms with Crippen LogP contribution in [-0.2, 0) is 0 Å². The number of hydrogen-bond acceptors (Lipinski definition) is 1. The maximum absolute atomic E-state index is 6.02. The molecule has 0 aromatic heterocycles. The molecule has 0 aromatic rings. The second-order valence-corrected chi connectivity index (χ2v) is 5.75. The van der Waals surface area contributed by atoms with Gasteiger partial charge in [0.25, 0.3) is 0 Å². The Kier molecular flexibility index (Phi) is 7.34. The molecule has 0 heterocycles. The SMILES string of the molecule is CN(C(N)=NCC1CCCCCCC1)C1CC1.I. The van der Waals surface area contributed by atoms with E-state index in [1.165, 1.54) is 57.8 Å². The van der Waals surface area contributed by atoms with Crippen LogP contribution in [0.15, 0.2) is 4.99 Å². The van der Waals surface area contributed by atoms with Gasteiger partial charge >= 0.3 is 0 Å². The van der Waals surface area contributed by atoms with Gasteiger partial charge in [0.2, 0.25) is 0 Å². The van der Waals surface area contributed by atoms with E-state index in [9.17, 15) is 0 Å². The first-order valence-corrected chi connectivity index (χ1v) is 7.30. The summed E-state index contributed by atoms with van der Waals surface area (Å²) >= 11 is 0. The summed E-state index contributed by atoms with van der Waals surface area (Å²) in [7, 11) is 2.08. The van der Waals surface area contributed by atoms with Crippen LogP contribution in [0.25, 0.3) is 0 Å². The van der Waals surface area contributed by atoms with Crippen molar-refractivity contribution in [2.45, 2.75) is 63.8 Å². The number of halogens is 1. The van der Waals surface area contributed by atoms with E-state index >= 15 is 0 Å². The molecule has 0 unspecified atom stereocenters. The van der Waals surface area contributed by atoms with Gasteiger partial charge in [0, 0.05) is 19.6 Å². The van der Waals surface area contributed by atoms with Crippen LogP contribution in [0, 0.1) is 5.92 Å². The lowest BCUT2D eigenvalue weighted by atomic mass is 9.91. The van der Waals surface area contributed by atoms with E-state index in [2.05, 4.69) is 16.9 Å². The van der Waals surface area contributed by atoms with Gasteiger partial charge in [-0.3, -0.25) is 4.99 Å². The number of aliphatic imine (C=N–C) groups is 1. The third-order valence-electron chi connectivity index (χ3n) is 4.19. The second kappa shape index (κ2) is 8.23. The Bertz CT molecular complexity index is 256. The average Bonchev–Trinajstić information content (AvgIpc) is 3.10. The topological polar surface area (TPSA) is 41.6 Å². The smallest absolute Gasteiger partial charge is 0.191 e. The Balaban J connectivity index is 0.00000162. The zero-order chi connectivity index (χ0) is 12.1. The Morgan fingerprint density at radius 1 is 1.06 bits per heavy atom. The van der Waals surface area contributed by atoms with Crippen LogP contribution in [0.1, 0.15) is 57.8 Å². The molecule has 4 heteroatoms. The number of guanidine groups is 1. The van der Waals surface area contributed by atoms with Gasteiger partial charge in [-0.1, -0.05) is 32.1 Å². The first-order valence-electron chi connectivity index (χ1n) is 7.30. The summed E-state index contributed by atoms with van der Waals surface area (Å²) in [5.41, 5.74) is 6.02. The molecule has 0 saturated heterocycles. The van der Waals surface area contributed by atoms with Gasteiger partial charge in [0.15, 0.2) is 5.96 Å². The third-order valence-corrected chi connectivity index (χ3v) is 4.19. The van der Waals surface area contributed by atoms with Crippen molar-refractivity contribution in [1.82, 2.24) is 4.90 Å². The van der Waals surface area contributed by atoms with E-state index in [0.717, 1.165) is 18.4 Å². The highest BCUT2D eigenvalue weighted by Crippen LogP contribution is 2.25. The zero-order valence-corrected chi connectivity index (χ0v) is 13.9. The molecule has 2 N–H and O–H groups in total. The van der Waals surface area contributed by atoms with Crippen molar-refractivity contribution in [3.8, 4) is 0 Å². The second-order valence-electron chi connectivity index (χ2n) is 5.75. The molecule has 0 radical (unpaired) electrons. The van der Waals surface area contributed by atoms with Gasteiger partial charge in [0.05, 0.1) is 0 Å². The van der Waals surface area contributed by atoms with Crippen LogP contribution in [0.5, 0.6) is 0 Å². The molecular formula is C14H28IN3. The third kappa shape index (κ3) is 5.33. The molecule has 2 aliphatic carbocycles. The molecule has 0 amide bonds. The van der Waals surface area contributed by atoms with Gasteiger partial charge in [-0.15, -0.1) is 24.0 Å². The lowest BCUT2D eigenvalue weighted by molar-refractivity contribution is 0.383. The number of hydrogen-bond donors (Lipinski definition) is 1. The van der Waals surface area contributed by atoms with Crippen molar-refractivity contribution in [1.29, 1.82) is 0 Å². The van der Waals surface area contributed by atoms with Crippen molar-refractivity contribution in [3.63, 3.8) is 0 Å². The van der Waals surface area contributed by atoms with Crippen LogP contribution < -0.4 is 5.73 Å². The molecule has 3 nitrogen and oxygen atoms in total. The van der Waals surface area contributed by atoms with E-state index in [-0.39, 0.29) is 24.0 Å². The quantitative estimate of drug-likeness (QED) is 0.473. The van der Waals surface area contributed by atoms with Gasteiger partial charge < -0.3 is 10.6 Å². The molecule has 2 aliphatic rings. The molecular weight excluding hydrogens is 337 g/mol. The van der Waals surface area contributed by atoms with Gasteiger partial charge in [-0.05, 0) is 31.6 Å². The first-order chi connectivity index (χ1) is 8.27. The fourth-order valence-corrected chi connectivity index (χ4v) is 2.71. The van der Waals surface area contributed by atoms with Crippen LogP contribution in [-0.4, -0.2) is 30.5 Å². The summed E-state index contributed by atoms with van der Waals surface area (Å²) in [5, 5.41) is 0. The maximum atomic E-state index is 6.02. The number of rotatable bonds is 3. The minimum atomic E-state index is 0. The molecule has 0 spiro atoms. The maximum Gasteiger partial charge on any atom is 0.191 e. The largest absolute Gasteiger partial charge is 0.370 e. The zero-order valence-electron chi connectivity index (χ0n) is 11.6. The minimum Gasteiger partial charge on any atom is -0.370 e. The summed E-state index contributed by atoms with van der Waals surface area (Å²) in [5.74, 6) is 1.54. The van der Waals surface area contributed by atoms with Crippen LogP contribution >= 0.6 is 24.0 Å². The van der Waals surface area contributed by atoms with Crippen molar-refractivity contribution in [3.05, 3.63) is 0 Å². The summed E-state index contributed by atoms with van der Waals surface area (Å²) in [6.45, 7) is 0.947. The molecule has 106 valence electrons. The van der Waals surface area contributed by atoms with Crippen molar-refractivity contribution in [2.75, 3.05) is 13.6 Å². The van der Waals surface area contributed by atoms with Crippen molar-refractivity contribution >= 4 is 29.9 Å². The predicted octanol–water partition coefficient (Wildman–Crippen LogP) is 3.37. The average molecular weight is 365 g/mol. The monoisotopic (exact) mass is 365 g/mol. The molecule has 2 rings (SSSR count). The highest BCUT2D eigenvalue weighted by atomic mass is 127. The Morgan fingerprint density at radius 2 is 1.61 bits per heavy atom. The Labute approximate surface area is 129 Å². The molecule has 18 heavy (non-hydrogen) atoms. The van der Waals surface area contributed by atoms with Crippen LogP contribution in [0.2, 0.25) is 0 Å². The van der Waals surface area contributed by atoms with E-state index in [0.29, 0.717) is 6.04 Å².